The molecule has 0 heterocycles. The topological polar surface area (TPSA) is 98.5 Å². The fourth-order valence-electron chi connectivity index (χ4n) is 0.501. The van der Waals surface area contributed by atoms with Gasteiger partial charge in [0.2, 0.25) is 15.9 Å². The number of hydrogen-bond acceptors (Lipinski definition) is 4. The van der Waals surface area contributed by atoms with E-state index in [1.807, 2.05) is 0 Å². The third kappa shape index (κ3) is 6.08. The smallest absolute Gasteiger partial charge is 0.245 e. The third-order valence-corrected chi connectivity index (χ3v) is 2.19. The molecule has 6 nitrogen and oxygen atoms in total. The first-order valence-electron chi connectivity index (χ1n) is 3.37. The highest BCUT2D eigenvalue weighted by atomic mass is 32.2. The zero-order valence-electron chi connectivity index (χ0n) is 6.74. The molecule has 0 unspecified atom stereocenters. The van der Waals surface area contributed by atoms with Crippen LogP contribution in [0.4, 0.5) is 0 Å². The molecule has 0 aliphatic heterocycles. The zero-order chi connectivity index (χ0) is 9.61. The number of nitrogens with two attached hydrogens (primary N) is 1. The van der Waals surface area contributed by atoms with Crippen LogP contribution in [0.25, 0.3) is 0 Å². The van der Waals surface area contributed by atoms with Crippen LogP contribution in [0, 0.1) is 0 Å². The molecular weight excluding hydrogens is 184 g/mol. The normalized spacial score (nSPS) is 11.4. The lowest BCUT2D eigenvalue weighted by Crippen LogP contribution is -2.30. The SMILES string of the molecule is CCCS(=O)(=O)NOCC(N)=O. The number of amides is 1. The van der Waals surface area contributed by atoms with E-state index in [1.54, 1.807) is 11.8 Å². The van der Waals surface area contributed by atoms with E-state index in [0.717, 1.165) is 0 Å². The van der Waals surface area contributed by atoms with Crippen LogP contribution in [0.5, 0.6) is 0 Å². The van der Waals surface area contributed by atoms with E-state index in [0.29, 0.717) is 6.42 Å². The molecule has 0 saturated carbocycles. The van der Waals surface area contributed by atoms with Crippen LogP contribution in [0.1, 0.15) is 13.3 Å². The second-order valence-corrected chi connectivity index (χ2v) is 3.96. The Morgan fingerprint density at radius 1 is 1.58 bits per heavy atom. The molecular formula is C5H12N2O4S. The van der Waals surface area contributed by atoms with E-state index in [-0.39, 0.29) is 5.75 Å². The van der Waals surface area contributed by atoms with Crippen molar-refractivity contribution in [2.75, 3.05) is 12.4 Å². The number of rotatable bonds is 6. The monoisotopic (exact) mass is 196 g/mol. The highest BCUT2D eigenvalue weighted by Crippen LogP contribution is 1.87. The zero-order valence-corrected chi connectivity index (χ0v) is 7.56. The van der Waals surface area contributed by atoms with Crippen molar-refractivity contribution < 1.29 is 18.0 Å². The molecule has 0 aromatic carbocycles. The van der Waals surface area contributed by atoms with E-state index in [2.05, 4.69) is 4.84 Å². The average molecular weight is 196 g/mol. The van der Waals surface area contributed by atoms with Gasteiger partial charge in [0.05, 0.1) is 5.75 Å². The van der Waals surface area contributed by atoms with E-state index < -0.39 is 22.5 Å². The molecule has 0 spiro atoms. The van der Waals surface area contributed by atoms with Crippen LogP contribution in [0.3, 0.4) is 0 Å². The number of carbonyl (C=O) groups excluding carboxylic acids is 1. The second kappa shape index (κ2) is 5.07. The maximum Gasteiger partial charge on any atom is 0.245 e. The number of primary amides is 1. The Labute approximate surface area is 71.1 Å². The summed E-state index contributed by atoms with van der Waals surface area (Å²) in [4.78, 5) is 16.2. The van der Waals surface area contributed by atoms with Crippen molar-refractivity contribution in [3.8, 4) is 0 Å². The fourth-order valence-corrected chi connectivity index (χ4v) is 1.36. The molecule has 0 saturated heterocycles. The molecule has 0 aromatic heterocycles. The first kappa shape index (κ1) is 11.3. The van der Waals surface area contributed by atoms with Crippen LogP contribution in [0.2, 0.25) is 0 Å². The standard InChI is InChI=1S/C5H12N2O4S/c1-2-3-12(9,10)7-11-4-5(6)8/h7H,2-4H2,1H3,(H2,6,8). The van der Waals surface area contributed by atoms with Crippen LogP contribution < -0.4 is 10.6 Å². The molecule has 0 aliphatic carbocycles. The minimum atomic E-state index is -3.41. The summed E-state index contributed by atoms with van der Waals surface area (Å²) in [5, 5.41) is 0. The number of nitrogens with one attached hydrogen (secondary N) is 1. The van der Waals surface area contributed by atoms with Crippen LogP contribution in [-0.4, -0.2) is 26.7 Å². The van der Waals surface area contributed by atoms with Gasteiger partial charge in [0, 0.05) is 0 Å². The van der Waals surface area contributed by atoms with Gasteiger partial charge in [0.1, 0.15) is 6.61 Å². The molecule has 0 atom stereocenters. The summed E-state index contributed by atoms with van der Waals surface area (Å²) in [7, 11) is -3.41. The van der Waals surface area contributed by atoms with Gasteiger partial charge < -0.3 is 5.73 Å². The lowest BCUT2D eigenvalue weighted by atomic mass is 10.6. The van der Waals surface area contributed by atoms with Gasteiger partial charge in [0.15, 0.2) is 0 Å². The summed E-state index contributed by atoms with van der Waals surface area (Å²) in [6.07, 6.45) is 0.481. The third-order valence-electron chi connectivity index (χ3n) is 0.873. The van der Waals surface area contributed by atoms with Crippen LogP contribution in [-0.2, 0) is 19.7 Å². The molecule has 0 rings (SSSR count). The Balaban J connectivity index is 3.69. The van der Waals surface area contributed by atoms with Gasteiger partial charge in [-0.2, -0.15) is 0 Å². The highest BCUT2D eigenvalue weighted by Gasteiger charge is 2.08. The predicted molar refractivity (Wildman–Crippen MR) is 42.4 cm³/mol. The molecule has 1 amide bonds. The lowest BCUT2D eigenvalue weighted by molar-refractivity contribution is -0.123. The molecule has 0 radical (unpaired) electrons. The van der Waals surface area contributed by atoms with Crippen molar-refractivity contribution in [2.45, 2.75) is 13.3 Å². The molecule has 0 aromatic rings. The Hall–Kier alpha value is -0.660. The Kier molecular flexibility index (Phi) is 4.79. The maximum absolute atomic E-state index is 10.8. The molecule has 7 heteroatoms. The summed E-state index contributed by atoms with van der Waals surface area (Å²) >= 11 is 0. The second-order valence-electron chi connectivity index (χ2n) is 2.16. The minimum Gasteiger partial charge on any atom is -0.368 e. The van der Waals surface area contributed by atoms with Crippen molar-refractivity contribution in [1.29, 1.82) is 0 Å². The Morgan fingerprint density at radius 2 is 2.17 bits per heavy atom. The maximum atomic E-state index is 10.8. The average Bonchev–Trinajstić information content (AvgIpc) is 1.85. The molecule has 72 valence electrons. The lowest BCUT2D eigenvalue weighted by Gasteiger charge is -2.03. The van der Waals surface area contributed by atoms with Crippen molar-refractivity contribution in [1.82, 2.24) is 4.89 Å². The largest absolute Gasteiger partial charge is 0.368 e. The van der Waals surface area contributed by atoms with Gasteiger partial charge in [-0.3, -0.25) is 9.63 Å². The van der Waals surface area contributed by atoms with Crippen molar-refractivity contribution in [2.24, 2.45) is 5.73 Å². The van der Waals surface area contributed by atoms with Gasteiger partial charge in [-0.15, -0.1) is 0 Å². The summed E-state index contributed by atoms with van der Waals surface area (Å²) in [6, 6.07) is 0. The Bertz CT molecular complexity index is 236. The molecule has 12 heavy (non-hydrogen) atoms. The van der Waals surface area contributed by atoms with E-state index in [4.69, 9.17) is 5.73 Å². The first-order chi connectivity index (χ1) is 5.48. The van der Waals surface area contributed by atoms with E-state index >= 15 is 0 Å². The van der Waals surface area contributed by atoms with Crippen molar-refractivity contribution in [3.63, 3.8) is 0 Å². The summed E-state index contributed by atoms with van der Waals surface area (Å²) < 4.78 is 21.6. The molecule has 3 N–H and O–H groups in total. The van der Waals surface area contributed by atoms with Crippen molar-refractivity contribution in [3.05, 3.63) is 0 Å². The van der Waals surface area contributed by atoms with Crippen LogP contribution >= 0.6 is 0 Å². The Morgan fingerprint density at radius 3 is 2.58 bits per heavy atom. The van der Waals surface area contributed by atoms with Gasteiger partial charge in [-0.05, 0) is 6.42 Å². The summed E-state index contributed by atoms with van der Waals surface area (Å²) in [5.41, 5.74) is 4.70. The van der Waals surface area contributed by atoms with E-state index in [1.165, 1.54) is 0 Å². The first-order valence-corrected chi connectivity index (χ1v) is 5.02. The van der Waals surface area contributed by atoms with Gasteiger partial charge in [-0.1, -0.05) is 11.8 Å². The summed E-state index contributed by atoms with van der Waals surface area (Å²) in [5.74, 6) is -0.764. The fraction of sp³-hybridized carbons (Fsp3) is 0.800. The predicted octanol–water partition coefficient (Wildman–Crippen LogP) is -1.27. The number of sulfonamides is 1. The van der Waals surface area contributed by atoms with E-state index in [9.17, 15) is 13.2 Å². The quantitative estimate of drug-likeness (QED) is 0.517. The minimum absolute atomic E-state index is 0.0360. The van der Waals surface area contributed by atoms with Gasteiger partial charge in [-0.25, -0.2) is 8.42 Å². The van der Waals surface area contributed by atoms with Gasteiger partial charge >= 0.3 is 0 Å². The molecule has 0 aliphatic rings. The number of hydrogen-bond donors (Lipinski definition) is 2. The van der Waals surface area contributed by atoms with Gasteiger partial charge in [0.25, 0.3) is 0 Å². The summed E-state index contributed by atoms with van der Waals surface area (Å²) in [6.45, 7) is 1.26. The molecule has 0 fully saturated rings. The molecule has 0 bridgehead atoms. The van der Waals surface area contributed by atoms with Crippen molar-refractivity contribution >= 4 is 15.9 Å². The highest BCUT2D eigenvalue weighted by molar-refractivity contribution is 7.89. The number of carbonyl (C=O) groups is 1. The van der Waals surface area contributed by atoms with Crippen LogP contribution in [0.15, 0.2) is 0 Å².